The predicted octanol–water partition coefficient (Wildman–Crippen LogP) is 1.20. The van der Waals surface area contributed by atoms with E-state index in [0.717, 1.165) is 25.2 Å². The van der Waals surface area contributed by atoms with E-state index in [9.17, 15) is 24.0 Å². The van der Waals surface area contributed by atoms with Crippen molar-refractivity contribution in [3.63, 3.8) is 0 Å². The van der Waals surface area contributed by atoms with Crippen molar-refractivity contribution in [2.75, 3.05) is 6.61 Å². The summed E-state index contributed by atoms with van der Waals surface area (Å²) in [4.78, 5) is 58.4. The van der Waals surface area contributed by atoms with Gasteiger partial charge in [0.15, 0.2) is 12.2 Å². The van der Waals surface area contributed by atoms with Gasteiger partial charge in [0.2, 0.25) is 12.2 Å². The monoisotopic (exact) mass is 511 g/mol. The van der Waals surface area contributed by atoms with Crippen LogP contribution in [0.3, 0.4) is 0 Å². The average Bonchev–Trinajstić information content (AvgIpc) is 3.13. The third-order valence-electron chi connectivity index (χ3n) is 5.01. The van der Waals surface area contributed by atoms with Crippen LogP contribution in [0.5, 0.6) is 5.75 Å². The molecule has 12 nitrogen and oxygen atoms in total. The van der Waals surface area contributed by atoms with Gasteiger partial charge in [-0.3, -0.25) is 19.2 Å². The van der Waals surface area contributed by atoms with Gasteiger partial charge in [-0.2, -0.15) is 0 Å². The summed E-state index contributed by atoms with van der Waals surface area (Å²) in [5.41, 5.74) is 0.958. The maximum Gasteiger partial charge on any atom is 0.396 e. The van der Waals surface area contributed by atoms with Crippen LogP contribution in [0.15, 0.2) is 21.3 Å². The Morgan fingerprint density at radius 3 is 2.26 bits per heavy atom. The summed E-state index contributed by atoms with van der Waals surface area (Å²) in [6.45, 7) is 6.10. The van der Waals surface area contributed by atoms with Crippen molar-refractivity contribution >= 4 is 45.4 Å². The first kappa shape index (κ1) is 26.2. The van der Waals surface area contributed by atoms with E-state index in [4.69, 9.17) is 28.1 Å². The zero-order chi connectivity index (χ0) is 25.9. The van der Waals surface area contributed by atoms with E-state index in [1.807, 2.05) is 0 Å². The summed E-state index contributed by atoms with van der Waals surface area (Å²) in [5, 5.41) is 2.63. The molecule has 1 fully saturated rings. The number of rotatable bonds is 7. The second-order valence-corrected chi connectivity index (χ2v) is 8.75. The van der Waals surface area contributed by atoms with Crippen molar-refractivity contribution in [3.8, 4) is 5.75 Å². The number of carbonyl (C=O) groups excluding carboxylic acids is 4. The summed E-state index contributed by atoms with van der Waals surface area (Å²) in [5.74, 6) is -2.23. The minimum atomic E-state index is -1.27. The van der Waals surface area contributed by atoms with E-state index in [0.29, 0.717) is 21.6 Å². The third-order valence-corrected chi connectivity index (χ3v) is 5.97. The molecular weight excluding hydrogens is 486 g/mol. The molecule has 1 aliphatic rings. The smallest absolute Gasteiger partial charge is 0.396 e. The second-order valence-electron chi connectivity index (χ2n) is 7.81. The molecule has 0 unspecified atom stereocenters. The van der Waals surface area contributed by atoms with E-state index in [-0.39, 0.29) is 6.61 Å². The fraction of sp³-hybridized carbons (Fsp3) is 0.500. The Labute approximate surface area is 203 Å². The molecule has 2 heterocycles. The molecule has 2 aromatic rings. The largest absolute Gasteiger partial charge is 0.463 e. The highest BCUT2D eigenvalue weighted by Gasteiger charge is 2.52. The van der Waals surface area contributed by atoms with Crippen LogP contribution in [0.4, 0.5) is 0 Å². The summed E-state index contributed by atoms with van der Waals surface area (Å²) in [6.07, 6.45) is -4.84. The predicted molar refractivity (Wildman–Crippen MR) is 120 cm³/mol. The maximum atomic E-state index is 12.0. The van der Waals surface area contributed by atoms with Gasteiger partial charge in [0.1, 0.15) is 30.1 Å². The zero-order valence-corrected chi connectivity index (χ0v) is 20.5. The minimum Gasteiger partial charge on any atom is -0.463 e. The summed E-state index contributed by atoms with van der Waals surface area (Å²) < 4.78 is 33.6. The van der Waals surface area contributed by atoms with Crippen molar-refractivity contribution in [1.82, 2.24) is 5.32 Å². The van der Waals surface area contributed by atoms with Gasteiger partial charge >= 0.3 is 22.8 Å². The standard InChI is InChI=1S/C22H25NO11S/c1-9-14(6-7-15-20(9)35-22(28)34-15)32-21-17(23-10(2)24)19(31-13(5)27)18(30-12(4)26)16(33-21)8-29-11(3)25/h6-7,16-19,21H,8H2,1-5H3,(H,23,24)/t16-,17+,18+,19-,21-/m0/s1. The van der Waals surface area contributed by atoms with Crippen molar-refractivity contribution in [2.45, 2.75) is 65.3 Å². The van der Waals surface area contributed by atoms with Gasteiger partial charge in [-0.05, 0) is 19.1 Å². The number of hydrogen-bond acceptors (Lipinski definition) is 12. The number of carbonyl (C=O) groups is 4. The zero-order valence-electron chi connectivity index (χ0n) is 19.6. The number of fused-ring (bicyclic) bond motifs is 1. The first-order valence-corrected chi connectivity index (χ1v) is 11.4. The van der Waals surface area contributed by atoms with E-state index in [1.54, 1.807) is 19.1 Å². The molecule has 1 amide bonds. The fourth-order valence-corrected chi connectivity index (χ4v) is 4.46. The van der Waals surface area contributed by atoms with E-state index < -0.39 is 59.4 Å². The van der Waals surface area contributed by atoms with Gasteiger partial charge in [0.05, 0.1) is 4.70 Å². The normalized spacial score (nSPS) is 23.9. The topological polar surface area (TPSA) is 157 Å². The molecule has 0 bridgehead atoms. The molecule has 0 saturated carbocycles. The maximum absolute atomic E-state index is 12.0. The Hall–Kier alpha value is -3.45. The van der Waals surface area contributed by atoms with Crippen LogP contribution in [0.2, 0.25) is 0 Å². The van der Waals surface area contributed by atoms with Crippen LogP contribution >= 0.6 is 11.3 Å². The lowest BCUT2D eigenvalue weighted by atomic mass is 9.96. The molecular formula is C22H25NO11S. The third kappa shape index (κ3) is 6.36. The highest BCUT2D eigenvalue weighted by molar-refractivity contribution is 7.16. The lowest BCUT2D eigenvalue weighted by Gasteiger charge is -2.44. The van der Waals surface area contributed by atoms with Crippen LogP contribution in [0.25, 0.3) is 10.3 Å². The molecule has 0 aliphatic carbocycles. The molecule has 190 valence electrons. The number of benzene rings is 1. The van der Waals surface area contributed by atoms with E-state index >= 15 is 0 Å². The number of nitrogens with one attached hydrogen (secondary N) is 1. The van der Waals surface area contributed by atoms with Crippen LogP contribution < -0.4 is 15.0 Å². The SMILES string of the molecule is CC(=O)N[C@H]1[C@@H](Oc2ccc3oc(=O)sc3c2C)O[C@@H](COC(C)=O)[C@@H](OC(C)=O)[C@H]1OC(C)=O. The van der Waals surface area contributed by atoms with Gasteiger partial charge in [-0.15, -0.1) is 0 Å². The molecule has 3 rings (SSSR count). The van der Waals surface area contributed by atoms with Gasteiger partial charge in [-0.25, -0.2) is 4.79 Å². The first-order valence-electron chi connectivity index (χ1n) is 10.6. The van der Waals surface area contributed by atoms with Gasteiger partial charge in [0, 0.05) is 33.3 Å². The Morgan fingerprint density at radius 1 is 1.00 bits per heavy atom. The van der Waals surface area contributed by atoms with Crippen LogP contribution in [-0.4, -0.2) is 61.1 Å². The van der Waals surface area contributed by atoms with E-state index in [1.165, 1.54) is 13.8 Å². The highest BCUT2D eigenvalue weighted by atomic mass is 32.1. The van der Waals surface area contributed by atoms with Crippen molar-refractivity contribution < 1.29 is 47.3 Å². The Bertz CT molecular complexity index is 1190. The lowest BCUT2D eigenvalue weighted by Crippen LogP contribution is -2.67. The summed E-state index contributed by atoms with van der Waals surface area (Å²) >= 11 is 0.897. The number of aryl methyl sites for hydroxylation is 1. The molecule has 5 atom stereocenters. The Kier molecular flexibility index (Phi) is 8.12. The highest BCUT2D eigenvalue weighted by Crippen LogP contribution is 2.33. The summed E-state index contributed by atoms with van der Waals surface area (Å²) in [6, 6.07) is 1.99. The van der Waals surface area contributed by atoms with Gasteiger partial charge in [-0.1, -0.05) is 11.3 Å². The van der Waals surface area contributed by atoms with Gasteiger partial charge < -0.3 is 33.4 Å². The molecule has 35 heavy (non-hydrogen) atoms. The van der Waals surface area contributed by atoms with Crippen LogP contribution in [0, 0.1) is 6.92 Å². The molecule has 0 radical (unpaired) electrons. The summed E-state index contributed by atoms with van der Waals surface area (Å²) in [7, 11) is 0. The quantitative estimate of drug-likeness (QED) is 0.421. The molecule has 1 aliphatic heterocycles. The number of amides is 1. The minimum absolute atomic E-state index is 0.300. The number of ether oxygens (including phenoxy) is 5. The Balaban J connectivity index is 2.03. The van der Waals surface area contributed by atoms with Gasteiger partial charge in [0.25, 0.3) is 0 Å². The lowest BCUT2D eigenvalue weighted by molar-refractivity contribution is -0.257. The van der Waals surface area contributed by atoms with Crippen molar-refractivity contribution in [3.05, 3.63) is 27.4 Å². The van der Waals surface area contributed by atoms with E-state index in [2.05, 4.69) is 5.32 Å². The number of esters is 3. The first-order chi connectivity index (χ1) is 16.5. The van der Waals surface area contributed by atoms with Crippen LogP contribution in [0.1, 0.15) is 33.3 Å². The molecule has 1 aromatic carbocycles. The van der Waals surface area contributed by atoms with Crippen molar-refractivity contribution in [1.29, 1.82) is 0 Å². The Morgan fingerprint density at radius 2 is 1.66 bits per heavy atom. The van der Waals surface area contributed by atoms with Crippen LogP contribution in [-0.2, 0) is 38.1 Å². The molecule has 1 aromatic heterocycles. The molecule has 1 saturated heterocycles. The average molecular weight is 512 g/mol. The number of hydrogen-bond donors (Lipinski definition) is 1. The second kappa shape index (κ2) is 10.9. The van der Waals surface area contributed by atoms with Crippen molar-refractivity contribution in [2.24, 2.45) is 0 Å². The fourth-order valence-electron chi connectivity index (χ4n) is 3.69. The molecule has 1 N–H and O–H groups in total. The molecule has 0 spiro atoms. The molecule has 13 heteroatoms.